The van der Waals surface area contributed by atoms with Gasteiger partial charge in [-0.05, 0) is 37.0 Å². The summed E-state index contributed by atoms with van der Waals surface area (Å²) in [6, 6.07) is 6.12. The van der Waals surface area contributed by atoms with Gasteiger partial charge in [0.2, 0.25) is 11.8 Å². The summed E-state index contributed by atoms with van der Waals surface area (Å²) in [5, 5.41) is 5.52. The molecule has 0 unspecified atom stereocenters. The van der Waals surface area contributed by atoms with E-state index in [0.717, 1.165) is 42.8 Å². The summed E-state index contributed by atoms with van der Waals surface area (Å²) in [6.45, 7) is 2.65. The lowest BCUT2D eigenvalue weighted by Gasteiger charge is -2.16. The molecule has 124 valence electrons. The van der Waals surface area contributed by atoms with Crippen LogP contribution >= 0.6 is 11.3 Å². The van der Waals surface area contributed by atoms with Crippen LogP contribution in [0.3, 0.4) is 0 Å². The monoisotopic (exact) mass is 341 g/mol. The van der Waals surface area contributed by atoms with Gasteiger partial charge in [0.25, 0.3) is 0 Å². The van der Waals surface area contributed by atoms with E-state index in [-0.39, 0.29) is 17.7 Å². The first-order valence-corrected chi connectivity index (χ1v) is 9.23. The van der Waals surface area contributed by atoms with Crippen LogP contribution in [-0.2, 0) is 16.0 Å². The molecule has 5 nitrogen and oxygen atoms in total. The number of aromatic nitrogens is 1. The van der Waals surface area contributed by atoms with Gasteiger partial charge in [0, 0.05) is 35.5 Å². The Morgan fingerprint density at radius 2 is 2.21 bits per heavy atom. The van der Waals surface area contributed by atoms with E-state index >= 15 is 0 Å². The molecule has 1 aliphatic carbocycles. The molecule has 2 amide bonds. The summed E-state index contributed by atoms with van der Waals surface area (Å²) in [5.41, 5.74) is 4.10. The number of hydrogen-bond donors (Lipinski definition) is 1. The first-order valence-electron chi connectivity index (χ1n) is 8.35. The molecule has 1 aromatic heterocycles. The summed E-state index contributed by atoms with van der Waals surface area (Å²) in [6.07, 6.45) is 3.38. The number of rotatable bonds is 4. The van der Waals surface area contributed by atoms with E-state index in [1.54, 1.807) is 0 Å². The molecule has 24 heavy (non-hydrogen) atoms. The van der Waals surface area contributed by atoms with Crippen LogP contribution in [0.25, 0.3) is 11.3 Å². The molecule has 0 bridgehead atoms. The molecular formula is C18H19N3O2S. The summed E-state index contributed by atoms with van der Waals surface area (Å²) < 4.78 is 0. The van der Waals surface area contributed by atoms with Crippen LogP contribution in [0.1, 0.15) is 31.7 Å². The Bertz CT molecular complexity index is 810. The Balaban J connectivity index is 1.54. The summed E-state index contributed by atoms with van der Waals surface area (Å²) >= 11 is 1.45. The number of fused-ring (bicyclic) bond motifs is 1. The number of benzene rings is 1. The number of amides is 2. The molecule has 2 aromatic rings. The number of carbonyl (C=O) groups excluding carboxylic acids is 2. The highest BCUT2D eigenvalue weighted by atomic mass is 32.1. The lowest BCUT2D eigenvalue weighted by Crippen LogP contribution is -2.27. The maximum atomic E-state index is 12.0. The molecule has 2 aliphatic rings. The number of nitrogens with one attached hydrogen (secondary N) is 1. The van der Waals surface area contributed by atoms with Crippen LogP contribution in [0, 0.1) is 5.92 Å². The smallest absolute Gasteiger partial charge is 0.229 e. The molecule has 0 saturated heterocycles. The van der Waals surface area contributed by atoms with Gasteiger partial charge in [-0.1, -0.05) is 13.0 Å². The molecule has 1 aromatic carbocycles. The quantitative estimate of drug-likeness (QED) is 0.926. The van der Waals surface area contributed by atoms with Gasteiger partial charge in [-0.3, -0.25) is 9.59 Å². The first-order chi connectivity index (χ1) is 11.7. The highest BCUT2D eigenvalue weighted by Gasteiger charge is 2.30. The minimum atomic E-state index is 0.0820. The van der Waals surface area contributed by atoms with Crippen molar-refractivity contribution in [2.45, 2.75) is 32.6 Å². The molecule has 6 heteroatoms. The molecule has 1 aliphatic heterocycles. The molecule has 0 radical (unpaired) electrons. The van der Waals surface area contributed by atoms with E-state index in [1.807, 2.05) is 29.3 Å². The fourth-order valence-corrected chi connectivity index (χ4v) is 3.75. The van der Waals surface area contributed by atoms with Gasteiger partial charge in [-0.25, -0.2) is 4.98 Å². The fraction of sp³-hybridized carbons (Fsp3) is 0.389. The van der Waals surface area contributed by atoms with Crippen molar-refractivity contribution in [1.82, 2.24) is 4.98 Å². The predicted molar refractivity (Wildman–Crippen MR) is 95.3 cm³/mol. The number of anilines is 2. The van der Waals surface area contributed by atoms with E-state index in [1.165, 1.54) is 16.9 Å². The number of carbonyl (C=O) groups is 2. The maximum Gasteiger partial charge on any atom is 0.229 e. The van der Waals surface area contributed by atoms with Gasteiger partial charge in [0.15, 0.2) is 5.13 Å². The standard InChI is InChI=1S/C18H19N3O2S/c1-2-16(22)21-8-7-13-9-12(5-6-15(13)21)14-10-24-18(19-14)20-17(23)11-3-4-11/h5-6,9-11H,2-4,7-8H2,1H3,(H,19,20,23). The molecule has 1 saturated carbocycles. The van der Waals surface area contributed by atoms with Crippen molar-refractivity contribution >= 4 is 34.0 Å². The topological polar surface area (TPSA) is 62.3 Å². The second kappa shape index (κ2) is 6.02. The maximum absolute atomic E-state index is 12.0. The molecule has 0 atom stereocenters. The van der Waals surface area contributed by atoms with Crippen LogP contribution in [0.5, 0.6) is 0 Å². The normalized spacial score (nSPS) is 16.1. The second-order valence-corrected chi connectivity index (χ2v) is 7.15. The lowest BCUT2D eigenvalue weighted by molar-refractivity contribution is -0.118. The molecule has 1 N–H and O–H groups in total. The first kappa shape index (κ1) is 15.3. The molecule has 4 rings (SSSR count). The van der Waals surface area contributed by atoms with Crippen molar-refractivity contribution in [2.24, 2.45) is 5.92 Å². The minimum absolute atomic E-state index is 0.0820. The number of thiazole rings is 1. The van der Waals surface area contributed by atoms with Crippen LogP contribution in [0.4, 0.5) is 10.8 Å². The molecule has 0 spiro atoms. The Morgan fingerprint density at radius 3 is 2.96 bits per heavy atom. The molecular weight excluding hydrogens is 322 g/mol. The Hall–Kier alpha value is -2.21. The molecule has 2 heterocycles. The lowest BCUT2D eigenvalue weighted by atomic mass is 10.1. The number of hydrogen-bond acceptors (Lipinski definition) is 4. The minimum Gasteiger partial charge on any atom is -0.312 e. The highest BCUT2D eigenvalue weighted by molar-refractivity contribution is 7.14. The van der Waals surface area contributed by atoms with Crippen molar-refractivity contribution in [3.8, 4) is 11.3 Å². The zero-order chi connectivity index (χ0) is 16.7. The van der Waals surface area contributed by atoms with Crippen molar-refractivity contribution in [3.63, 3.8) is 0 Å². The molecule has 1 fully saturated rings. The zero-order valence-electron chi connectivity index (χ0n) is 13.5. The summed E-state index contributed by atoms with van der Waals surface area (Å²) in [4.78, 5) is 30.2. The van der Waals surface area contributed by atoms with Gasteiger partial charge in [0.05, 0.1) is 5.69 Å². The predicted octanol–water partition coefficient (Wildman–Crippen LogP) is 3.46. The van der Waals surface area contributed by atoms with Crippen molar-refractivity contribution < 1.29 is 9.59 Å². The number of nitrogens with zero attached hydrogens (tertiary/aromatic N) is 2. The Kier molecular flexibility index (Phi) is 3.84. The van der Waals surface area contributed by atoms with Crippen molar-refractivity contribution in [2.75, 3.05) is 16.8 Å². The van der Waals surface area contributed by atoms with Gasteiger partial charge in [-0.2, -0.15) is 0 Å². The van der Waals surface area contributed by atoms with Gasteiger partial charge >= 0.3 is 0 Å². The van der Waals surface area contributed by atoms with E-state index in [9.17, 15) is 9.59 Å². The van der Waals surface area contributed by atoms with Crippen molar-refractivity contribution in [3.05, 3.63) is 29.1 Å². The third-order valence-electron chi connectivity index (χ3n) is 4.56. The van der Waals surface area contributed by atoms with Crippen LogP contribution in [0.2, 0.25) is 0 Å². The van der Waals surface area contributed by atoms with Gasteiger partial charge < -0.3 is 10.2 Å². The average molecular weight is 341 g/mol. The Labute approximate surface area is 144 Å². The third-order valence-corrected chi connectivity index (χ3v) is 5.31. The third kappa shape index (κ3) is 2.82. The van der Waals surface area contributed by atoms with E-state index in [0.29, 0.717) is 11.6 Å². The largest absolute Gasteiger partial charge is 0.312 e. The van der Waals surface area contributed by atoms with Crippen LogP contribution in [-0.4, -0.2) is 23.3 Å². The highest BCUT2D eigenvalue weighted by Crippen LogP contribution is 2.34. The van der Waals surface area contributed by atoms with E-state index in [4.69, 9.17) is 0 Å². The van der Waals surface area contributed by atoms with Gasteiger partial charge in [-0.15, -0.1) is 11.3 Å². The summed E-state index contributed by atoms with van der Waals surface area (Å²) in [7, 11) is 0. The van der Waals surface area contributed by atoms with Crippen LogP contribution in [0.15, 0.2) is 23.6 Å². The van der Waals surface area contributed by atoms with Crippen LogP contribution < -0.4 is 10.2 Å². The SMILES string of the molecule is CCC(=O)N1CCc2cc(-c3csc(NC(=O)C4CC4)n3)ccc21. The fourth-order valence-electron chi connectivity index (χ4n) is 3.03. The van der Waals surface area contributed by atoms with Gasteiger partial charge in [0.1, 0.15) is 0 Å². The Morgan fingerprint density at radius 1 is 1.38 bits per heavy atom. The van der Waals surface area contributed by atoms with E-state index < -0.39 is 0 Å². The second-order valence-electron chi connectivity index (χ2n) is 6.29. The summed E-state index contributed by atoms with van der Waals surface area (Å²) in [5.74, 6) is 0.429. The zero-order valence-corrected chi connectivity index (χ0v) is 14.4. The van der Waals surface area contributed by atoms with Crippen molar-refractivity contribution in [1.29, 1.82) is 0 Å². The van der Waals surface area contributed by atoms with E-state index in [2.05, 4.69) is 16.4 Å². The average Bonchev–Trinajstić information content (AvgIpc) is 3.21.